The first-order chi connectivity index (χ1) is 12.4. The van der Waals surface area contributed by atoms with E-state index in [1.54, 1.807) is 37.3 Å². The Morgan fingerprint density at radius 2 is 2.04 bits per heavy atom. The highest BCUT2D eigenvalue weighted by atomic mass is 16.5. The molecule has 2 aliphatic heterocycles. The molecule has 0 radical (unpaired) electrons. The second-order valence-corrected chi connectivity index (χ2v) is 6.27. The molecule has 0 spiro atoms. The van der Waals surface area contributed by atoms with Crippen LogP contribution >= 0.6 is 0 Å². The van der Waals surface area contributed by atoms with Crippen molar-refractivity contribution < 1.29 is 24.2 Å². The lowest BCUT2D eigenvalue weighted by atomic mass is 9.83. The lowest BCUT2D eigenvalue weighted by Gasteiger charge is -2.44. The van der Waals surface area contributed by atoms with Gasteiger partial charge in [0.2, 0.25) is 5.91 Å². The largest absolute Gasteiger partial charge is 0.422 e. The number of hydrogen-bond acceptors (Lipinski definition) is 5. The van der Waals surface area contributed by atoms with Crippen molar-refractivity contribution in [2.75, 3.05) is 11.9 Å². The zero-order valence-electron chi connectivity index (χ0n) is 14.6. The molecule has 1 fully saturated rings. The van der Waals surface area contributed by atoms with Gasteiger partial charge in [0.25, 0.3) is 0 Å². The fourth-order valence-corrected chi connectivity index (χ4v) is 3.26. The van der Waals surface area contributed by atoms with Crippen molar-refractivity contribution in [2.24, 2.45) is 5.92 Å². The van der Waals surface area contributed by atoms with E-state index in [1.165, 1.54) is 4.90 Å². The van der Waals surface area contributed by atoms with Crippen LogP contribution in [0, 0.1) is 5.92 Å². The van der Waals surface area contributed by atoms with Crippen molar-refractivity contribution in [1.82, 2.24) is 10.2 Å². The van der Waals surface area contributed by atoms with Crippen LogP contribution in [0.1, 0.15) is 20.3 Å². The average molecular weight is 359 g/mol. The number of β-lactam (4-membered cyclic amide) rings is 1. The molecule has 2 aliphatic rings. The molecular weight excluding hydrogens is 338 g/mol. The van der Waals surface area contributed by atoms with E-state index in [-0.39, 0.29) is 23.7 Å². The van der Waals surface area contributed by atoms with Gasteiger partial charge in [-0.2, -0.15) is 0 Å². The molecule has 3 N–H and O–H groups in total. The van der Waals surface area contributed by atoms with Crippen LogP contribution in [0.5, 0.6) is 5.75 Å². The fraction of sp³-hybridized carbons (Fsp3) is 0.389. The maximum absolute atomic E-state index is 12.3. The molecule has 3 rings (SSSR count). The molecule has 2 unspecified atom stereocenters. The third kappa shape index (κ3) is 3.28. The summed E-state index contributed by atoms with van der Waals surface area (Å²) in [5, 5.41) is 14.9. The Balaban J connectivity index is 1.59. The molecule has 0 saturated carbocycles. The van der Waals surface area contributed by atoms with E-state index in [9.17, 15) is 19.5 Å². The number of amides is 3. The van der Waals surface area contributed by atoms with Crippen molar-refractivity contribution in [3.63, 3.8) is 0 Å². The zero-order valence-corrected chi connectivity index (χ0v) is 14.6. The maximum atomic E-state index is 12.3. The molecule has 0 aliphatic carbocycles. The van der Waals surface area contributed by atoms with Gasteiger partial charge < -0.3 is 25.4 Å². The number of aliphatic hydroxyl groups excluding tert-OH is 1. The molecule has 3 atom stereocenters. The van der Waals surface area contributed by atoms with E-state index in [0.29, 0.717) is 24.4 Å². The molecule has 0 bridgehead atoms. The van der Waals surface area contributed by atoms with Crippen LogP contribution in [-0.2, 0) is 9.59 Å². The molecule has 3 amide bonds. The van der Waals surface area contributed by atoms with E-state index in [2.05, 4.69) is 10.6 Å². The zero-order chi connectivity index (χ0) is 18.8. The SMILES string of the molecule is CCNC(=O)Nc1ccc(OC(=O)C2=CCC3C([C@@H](C)O)C(=O)N23)cc1. The van der Waals surface area contributed by atoms with Gasteiger partial charge in [0.15, 0.2) is 0 Å². The Morgan fingerprint density at radius 3 is 2.65 bits per heavy atom. The van der Waals surface area contributed by atoms with Gasteiger partial charge in [0.05, 0.1) is 18.1 Å². The first-order valence-electron chi connectivity index (χ1n) is 8.50. The number of hydrogen-bond donors (Lipinski definition) is 3. The molecular formula is C18H21N3O5. The van der Waals surface area contributed by atoms with Crippen LogP contribution in [0.15, 0.2) is 36.0 Å². The van der Waals surface area contributed by atoms with Gasteiger partial charge in [-0.25, -0.2) is 9.59 Å². The van der Waals surface area contributed by atoms with E-state index in [4.69, 9.17) is 4.74 Å². The van der Waals surface area contributed by atoms with Crippen LogP contribution in [0.3, 0.4) is 0 Å². The molecule has 138 valence electrons. The normalized spacial score (nSPS) is 22.0. The third-order valence-corrected chi connectivity index (χ3v) is 4.47. The van der Waals surface area contributed by atoms with Crippen LogP contribution in [0.25, 0.3) is 0 Å². The quantitative estimate of drug-likeness (QED) is 0.416. The smallest absolute Gasteiger partial charge is 0.360 e. The van der Waals surface area contributed by atoms with Gasteiger partial charge in [0.1, 0.15) is 11.4 Å². The minimum Gasteiger partial charge on any atom is -0.422 e. The number of carbonyl (C=O) groups excluding carboxylic acids is 3. The van der Waals surface area contributed by atoms with Crippen molar-refractivity contribution in [1.29, 1.82) is 0 Å². The Bertz CT molecular complexity index is 757. The second kappa shape index (κ2) is 7.17. The summed E-state index contributed by atoms with van der Waals surface area (Å²) in [6.45, 7) is 3.91. The Labute approximate surface area is 150 Å². The van der Waals surface area contributed by atoms with Crippen LogP contribution in [0.2, 0.25) is 0 Å². The number of esters is 1. The summed E-state index contributed by atoms with van der Waals surface area (Å²) >= 11 is 0. The number of aliphatic hydroxyl groups is 1. The van der Waals surface area contributed by atoms with Crippen molar-refractivity contribution in [2.45, 2.75) is 32.4 Å². The van der Waals surface area contributed by atoms with Crippen LogP contribution < -0.4 is 15.4 Å². The summed E-state index contributed by atoms with van der Waals surface area (Å²) in [4.78, 5) is 37.3. The Hall–Kier alpha value is -2.87. The van der Waals surface area contributed by atoms with Crippen LogP contribution in [0.4, 0.5) is 10.5 Å². The lowest BCUT2D eigenvalue weighted by molar-refractivity contribution is -0.160. The van der Waals surface area contributed by atoms with Gasteiger partial charge in [-0.1, -0.05) is 6.08 Å². The molecule has 1 aromatic rings. The predicted octanol–water partition coefficient (Wildman–Crippen LogP) is 1.23. The van der Waals surface area contributed by atoms with Gasteiger partial charge in [0, 0.05) is 12.2 Å². The van der Waals surface area contributed by atoms with E-state index >= 15 is 0 Å². The molecule has 1 aromatic carbocycles. The first-order valence-corrected chi connectivity index (χ1v) is 8.50. The highest BCUT2D eigenvalue weighted by molar-refractivity contribution is 6.00. The van der Waals surface area contributed by atoms with Gasteiger partial charge in [-0.15, -0.1) is 0 Å². The summed E-state index contributed by atoms with van der Waals surface area (Å²) in [5.74, 6) is -1.03. The predicted molar refractivity (Wildman–Crippen MR) is 93.3 cm³/mol. The van der Waals surface area contributed by atoms with Gasteiger partial charge >= 0.3 is 12.0 Å². The number of ether oxygens (including phenoxy) is 1. The third-order valence-electron chi connectivity index (χ3n) is 4.47. The van der Waals surface area contributed by atoms with E-state index < -0.39 is 18.0 Å². The number of rotatable bonds is 5. The van der Waals surface area contributed by atoms with E-state index in [0.717, 1.165) is 0 Å². The number of benzene rings is 1. The number of nitrogens with one attached hydrogen (secondary N) is 2. The van der Waals surface area contributed by atoms with Gasteiger partial charge in [-0.3, -0.25) is 4.79 Å². The molecule has 1 saturated heterocycles. The summed E-state index contributed by atoms with van der Waals surface area (Å²) in [6.07, 6.45) is 1.46. The number of anilines is 1. The number of fused-ring (bicyclic) bond motifs is 1. The Kier molecular flexibility index (Phi) is 4.94. The second-order valence-electron chi connectivity index (χ2n) is 6.27. The molecule has 8 nitrogen and oxygen atoms in total. The number of carbonyl (C=O) groups is 3. The average Bonchev–Trinajstić information content (AvgIpc) is 2.95. The minimum atomic E-state index is -0.738. The number of urea groups is 1. The van der Waals surface area contributed by atoms with E-state index in [1.807, 2.05) is 6.92 Å². The number of nitrogens with zero attached hydrogens (tertiary/aromatic N) is 1. The fourth-order valence-electron chi connectivity index (χ4n) is 3.26. The topological polar surface area (TPSA) is 108 Å². The standard InChI is InChI=1S/C18H21N3O5/c1-3-19-18(25)20-11-4-6-12(7-5-11)26-17(24)14-9-8-13-15(10(2)22)16(23)21(13)14/h4-7,9-10,13,15,22H,3,8H2,1-2H3,(H2,19,20,25)/t10-,13?,15?/m1/s1. The highest BCUT2D eigenvalue weighted by Crippen LogP contribution is 2.40. The summed E-state index contributed by atoms with van der Waals surface area (Å²) in [5.41, 5.74) is 0.773. The Morgan fingerprint density at radius 1 is 1.35 bits per heavy atom. The van der Waals surface area contributed by atoms with Gasteiger partial charge in [-0.05, 0) is 44.5 Å². The van der Waals surface area contributed by atoms with Crippen LogP contribution in [-0.4, -0.2) is 46.6 Å². The van der Waals surface area contributed by atoms with Crippen molar-refractivity contribution in [3.05, 3.63) is 36.0 Å². The molecule has 0 aromatic heterocycles. The van der Waals surface area contributed by atoms with Crippen molar-refractivity contribution in [3.8, 4) is 5.75 Å². The summed E-state index contributed by atoms with van der Waals surface area (Å²) < 4.78 is 5.31. The summed E-state index contributed by atoms with van der Waals surface area (Å²) in [6, 6.07) is 5.85. The summed E-state index contributed by atoms with van der Waals surface area (Å²) in [7, 11) is 0. The first kappa shape index (κ1) is 17.9. The van der Waals surface area contributed by atoms with Crippen molar-refractivity contribution >= 4 is 23.6 Å². The monoisotopic (exact) mass is 359 g/mol. The highest BCUT2D eigenvalue weighted by Gasteiger charge is 2.54. The lowest BCUT2D eigenvalue weighted by Crippen LogP contribution is -2.62. The molecule has 2 heterocycles. The maximum Gasteiger partial charge on any atom is 0.360 e. The minimum absolute atomic E-state index is 0.172. The molecule has 26 heavy (non-hydrogen) atoms. The molecule has 8 heteroatoms.